The van der Waals surface area contributed by atoms with E-state index in [1.807, 2.05) is 6.07 Å². The summed E-state index contributed by atoms with van der Waals surface area (Å²) in [4.78, 5) is 0. The molecule has 5 heteroatoms. The maximum atomic E-state index is 14.0. The van der Waals surface area contributed by atoms with Gasteiger partial charge in [-0.15, -0.1) is 0 Å². The highest BCUT2D eigenvalue weighted by Gasteiger charge is 2.59. The number of rotatable bonds is 15. The van der Waals surface area contributed by atoms with Crippen LogP contribution >= 0.6 is 0 Å². The first-order valence-corrected chi connectivity index (χ1v) is 20.1. The van der Waals surface area contributed by atoms with E-state index in [-0.39, 0.29) is 5.22 Å². The van der Waals surface area contributed by atoms with Crippen LogP contribution in [0.25, 0.3) is 21.5 Å². The number of hydrogen-bond acceptors (Lipinski definition) is 3. The van der Waals surface area contributed by atoms with Gasteiger partial charge in [0.15, 0.2) is 0 Å². The molecule has 1 heterocycles. The lowest BCUT2D eigenvalue weighted by Gasteiger charge is -2.49. The van der Waals surface area contributed by atoms with Gasteiger partial charge in [-0.25, -0.2) is 4.39 Å². The van der Waals surface area contributed by atoms with Gasteiger partial charge >= 0.3 is 8.56 Å². The fraction of sp³-hybridized carbons (Fsp3) is 0.641. The topological polar surface area (TPSA) is 27.7 Å². The van der Waals surface area contributed by atoms with Crippen LogP contribution in [0.3, 0.4) is 0 Å². The van der Waals surface area contributed by atoms with Crippen LogP contribution in [0, 0.1) is 0 Å². The Labute approximate surface area is 268 Å². The van der Waals surface area contributed by atoms with Crippen LogP contribution in [-0.4, -0.2) is 33.6 Å². The Hall–Kier alpha value is -1.79. The minimum Gasteiger partial charge on any atom is -0.393 e. The lowest BCUT2D eigenvalue weighted by Crippen LogP contribution is -2.66. The molecule has 1 saturated heterocycles. The summed E-state index contributed by atoms with van der Waals surface area (Å²) < 4.78 is 33.3. The van der Waals surface area contributed by atoms with Crippen molar-refractivity contribution in [2.75, 3.05) is 19.8 Å². The van der Waals surface area contributed by atoms with Gasteiger partial charge in [0.25, 0.3) is 0 Å². The van der Waals surface area contributed by atoms with Gasteiger partial charge in [-0.2, -0.15) is 0 Å². The van der Waals surface area contributed by atoms with E-state index >= 15 is 0 Å². The number of unbranched alkanes of at least 4 members (excludes halogenated alkanes) is 7. The van der Waals surface area contributed by atoms with Crippen molar-refractivity contribution in [2.24, 2.45) is 0 Å². The van der Waals surface area contributed by atoms with Gasteiger partial charge in [0.05, 0.1) is 0 Å². The fourth-order valence-corrected chi connectivity index (χ4v) is 12.3. The molecule has 2 unspecified atom stereocenters. The van der Waals surface area contributed by atoms with Crippen LogP contribution < -0.4 is 0 Å². The van der Waals surface area contributed by atoms with Gasteiger partial charge in [-0.1, -0.05) is 120 Å². The Morgan fingerprint density at radius 3 is 2.16 bits per heavy atom. The van der Waals surface area contributed by atoms with Crippen LogP contribution in [0.15, 0.2) is 48.5 Å². The summed E-state index contributed by atoms with van der Waals surface area (Å²) in [5.74, 6) is 0. The van der Waals surface area contributed by atoms with E-state index in [0.29, 0.717) is 6.42 Å². The minimum atomic E-state index is -2.29. The van der Waals surface area contributed by atoms with E-state index < -0.39 is 14.7 Å². The Bertz CT molecular complexity index is 1260. The number of hydrogen-bond donors (Lipinski definition) is 0. The molecule has 0 spiro atoms. The zero-order chi connectivity index (χ0) is 31.3. The van der Waals surface area contributed by atoms with Crippen molar-refractivity contribution < 1.29 is 18.0 Å². The normalized spacial score (nSPS) is 21.2. The number of aryl methyl sites for hydroxylation is 1. The number of alkyl halides is 1. The van der Waals surface area contributed by atoms with Gasteiger partial charge < -0.3 is 13.6 Å². The van der Waals surface area contributed by atoms with Gasteiger partial charge in [0, 0.05) is 19.8 Å². The molecule has 0 amide bonds. The zero-order valence-corrected chi connectivity index (χ0v) is 29.2. The highest BCUT2D eigenvalue weighted by atomic mass is 28.4. The Morgan fingerprint density at radius 2 is 1.43 bits per heavy atom. The van der Waals surface area contributed by atoms with Crippen molar-refractivity contribution in [3.8, 4) is 0 Å². The Kier molecular flexibility index (Phi) is 14.2. The second kappa shape index (κ2) is 17.8. The minimum absolute atomic E-state index is 0.117. The molecule has 3 nitrogen and oxygen atoms in total. The highest BCUT2D eigenvalue weighted by molar-refractivity contribution is 6.70. The first-order chi connectivity index (χ1) is 21.5. The van der Waals surface area contributed by atoms with Crippen LogP contribution in [-0.2, 0) is 20.0 Å². The molecular formula is C39H59FO3Si. The molecule has 0 aromatic heterocycles. The van der Waals surface area contributed by atoms with Crippen molar-refractivity contribution in [1.29, 1.82) is 0 Å². The van der Waals surface area contributed by atoms with Crippen molar-refractivity contribution in [3.05, 3.63) is 59.7 Å². The molecule has 2 aliphatic rings. The average molecular weight is 623 g/mol. The van der Waals surface area contributed by atoms with Crippen molar-refractivity contribution in [2.45, 2.75) is 141 Å². The molecule has 1 fully saturated rings. The molecule has 1 aliphatic carbocycles. The van der Waals surface area contributed by atoms with Crippen molar-refractivity contribution in [1.82, 2.24) is 0 Å². The molecule has 1 aliphatic heterocycles. The standard InChI is InChI=1S/C21H44O3Si.C18H15F/c1-5-9-10-11-12-13-14-15-18-21(22-6-2)19-16-17-20-25(21,23-7-3)24-8-4;19-18-7-3-6-14-16-9-8-12-4-1-2-5-13(12)15(16)10-11-17(14)18/h5-20H2,1-4H3;1-2,4-5,8-11,18H,3,6-7H2. The molecule has 0 bridgehead atoms. The number of halogens is 1. The fourth-order valence-electron chi connectivity index (χ4n) is 7.85. The van der Waals surface area contributed by atoms with Gasteiger partial charge in [-0.3, -0.25) is 0 Å². The molecule has 0 radical (unpaired) electrons. The molecule has 44 heavy (non-hydrogen) atoms. The maximum absolute atomic E-state index is 14.0. The van der Waals surface area contributed by atoms with Crippen LogP contribution in [0.2, 0.25) is 6.04 Å². The van der Waals surface area contributed by atoms with E-state index in [1.165, 1.54) is 91.3 Å². The first-order valence-electron chi connectivity index (χ1n) is 18.0. The number of fused-ring (bicyclic) bond motifs is 5. The molecule has 0 saturated carbocycles. The van der Waals surface area contributed by atoms with Gasteiger partial charge in [-0.05, 0) is 91.6 Å². The predicted molar refractivity (Wildman–Crippen MR) is 187 cm³/mol. The van der Waals surface area contributed by atoms with Crippen LogP contribution in [0.1, 0.15) is 135 Å². The number of ether oxygens (including phenoxy) is 1. The third-order valence-corrected chi connectivity index (χ3v) is 14.5. The number of benzene rings is 3. The van der Waals surface area contributed by atoms with E-state index in [0.717, 1.165) is 57.1 Å². The van der Waals surface area contributed by atoms with Crippen molar-refractivity contribution >= 4 is 30.1 Å². The zero-order valence-electron chi connectivity index (χ0n) is 28.2. The SMILES string of the molecule is CCCCCCCCCCC1(OCC)CCCC[Si]1(OCC)OCC.FC1CCCc2c1ccc1c2ccc2ccccc21. The van der Waals surface area contributed by atoms with Crippen molar-refractivity contribution in [3.63, 3.8) is 0 Å². The molecular weight excluding hydrogens is 564 g/mol. The predicted octanol–water partition coefficient (Wildman–Crippen LogP) is 11.9. The van der Waals surface area contributed by atoms with E-state index in [4.69, 9.17) is 13.6 Å². The van der Waals surface area contributed by atoms with Gasteiger partial charge in [0.1, 0.15) is 11.4 Å². The third-order valence-electron chi connectivity index (χ3n) is 9.94. The molecule has 5 rings (SSSR count). The maximum Gasteiger partial charge on any atom is 0.371 e. The van der Waals surface area contributed by atoms with Crippen LogP contribution in [0.5, 0.6) is 0 Å². The summed E-state index contributed by atoms with van der Waals surface area (Å²) in [6.45, 7) is 10.9. The lowest BCUT2D eigenvalue weighted by molar-refractivity contribution is -0.0468. The summed E-state index contributed by atoms with van der Waals surface area (Å²) in [6.07, 6.45) is 17.5. The summed E-state index contributed by atoms with van der Waals surface area (Å²) in [5, 5.41) is 4.89. The molecule has 3 aromatic carbocycles. The second-order valence-corrected chi connectivity index (χ2v) is 16.3. The molecule has 3 aromatic rings. The molecule has 2 atom stereocenters. The Morgan fingerprint density at radius 1 is 0.727 bits per heavy atom. The third kappa shape index (κ3) is 8.32. The summed E-state index contributed by atoms with van der Waals surface area (Å²) in [7, 11) is -2.29. The van der Waals surface area contributed by atoms with E-state index in [2.05, 4.69) is 70.2 Å². The largest absolute Gasteiger partial charge is 0.393 e. The summed E-state index contributed by atoms with van der Waals surface area (Å²) in [6, 6.07) is 17.9. The van der Waals surface area contributed by atoms with Crippen LogP contribution in [0.4, 0.5) is 4.39 Å². The summed E-state index contributed by atoms with van der Waals surface area (Å²) in [5.41, 5.74) is 2.14. The second-order valence-electron chi connectivity index (χ2n) is 12.9. The lowest BCUT2D eigenvalue weighted by atomic mass is 9.85. The highest BCUT2D eigenvalue weighted by Crippen LogP contribution is 2.44. The Balaban J connectivity index is 0.000000206. The first kappa shape index (κ1) is 35.1. The smallest absolute Gasteiger partial charge is 0.371 e. The van der Waals surface area contributed by atoms with E-state index in [9.17, 15) is 4.39 Å². The monoisotopic (exact) mass is 622 g/mol. The average Bonchev–Trinajstić information content (AvgIpc) is 3.04. The summed E-state index contributed by atoms with van der Waals surface area (Å²) >= 11 is 0. The van der Waals surface area contributed by atoms with E-state index in [1.54, 1.807) is 0 Å². The molecule has 0 N–H and O–H groups in total. The quantitative estimate of drug-likeness (QED) is 0.0958. The van der Waals surface area contributed by atoms with Gasteiger partial charge in [0.2, 0.25) is 0 Å². The molecule has 244 valence electrons.